The summed E-state index contributed by atoms with van der Waals surface area (Å²) in [6, 6.07) is 7.35. The number of hydrogen-bond donors (Lipinski definition) is 2. The molecule has 0 aliphatic heterocycles. The second kappa shape index (κ2) is 4.97. The number of rotatable bonds is 3. The Balaban J connectivity index is 2.15. The monoisotopic (exact) mass is 264 g/mol. The molecule has 1 amide bonds. The van der Waals surface area contributed by atoms with E-state index in [1.54, 1.807) is 43.0 Å². The number of aromatic nitrogens is 3. The fourth-order valence-corrected chi connectivity index (χ4v) is 2.07. The van der Waals surface area contributed by atoms with E-state index < -0.39 is 5.91 Å². The molecule has 0 aliphatic carbocycles. The summed E-state index contributed by atoms with van der Waals surface area (Å²) in [5, 5.41) is 0.940. The molecule has 0 saturated carbocycles. The summed E-state index contributed by atoms with van der Waals surface area (Å²) in [5.41, 5.74) is 8.22. The third kappa shape index (κ3) is 2.16. The lowest BCUT2D eigenvalue weighted by Gasteiger charge is -2.02. The van der Waals surface area contributed by atoms with Gasteiger partial charge in [0.05, 0.1) is 0 Å². The number of nitrogens with zero attached hydrogens (tertiary/aromatic N) is 2. The molecule has 0 atom stereocenters. The number of aromatic amines is 1. The van der Waals surface area contributed by atoms with Gasteiger partial charge in [0, 0.05) is 46.9 Å². The first kappa shape index (κ1) is 12.1. The summed E-state index contributed by atoms with van der Waals surface area (Å²) in [4.78, 5) is 22.9. The van der Waals surface area contributed by atoms with Crippen LogP contribution >= 0.6 is 0 Å². The first-order chi connectivity index (χ1) is 9.75. The topological polar surface area (TPSA) is 84.7 Å². The van der Waals surface area contributed by atoms with E-state index in [1.807, 2.05) is 12.1 Å². The van der Waals surface area contributed by atoms with Gasteiger partial charge in [0.2, 0.25) is 5.91 Å². The number of pyridine rings is 2. The molecule has 0 saturated heterocycles. The Bertz CT molecular complexity index is 790. The van der Waals surface area contributed by atoms with Crippen molar-refractivity contribution in [1.82, 2.24) is 15.0 Å². The fraction of sp³-hybridized carbons (Fsp3) is 0. The molecule has 98 valence electrons. The lowest BCUT2D eigenvalue weighted by molar-refractivity contribution is -0.112. The molecular formula is C15H12N4O. The van der Waals surface area contributed by atoms with E-state index in [-0.39, 0.29) is 0 Å². The van der Waals surface area contributed by atoms with E-state index in [2.05, 4.69) is 15.0 Å². The van der Waals surface area contributed by atoms with Crippen LogP contribution in [0.4, 0.5) is 0 Å². The minimum absolute atomic E-state index is 0.419. The van der Waals surface area contributed by atoms with Crippen molar-refractivity contribution in [3.8, 4) is 0 Å². The van der Waals surface area contributed by atoms with Gasteiger partial charge in [-0.1, -0.05) is 6.07 Å². The van der Waals surface area contributed by atoms with E-state index in [0.717, 1.165) is 16.6 Å². The van der Waals surface area contributed by atoms with Crippen LogP contribution in [0.5, 0.6) is 0 Å². The lowest BCUT2D eigenvalue weighted by atomic mass is 10.0. The third-order valence-corrected chi connectivity index (χ3v) is 3.02. The molecule has 0 fully saturated rings. The van der Waals surface area contributed by atoms with Crippen molar-refractivity contribution in [3.63, 3.8) is 0 Å². The van der Waals surface area contributed by atoms with Gasteiger partial charge in [-0.3, -0.25) is 9.78 Å². The highest BCUT2D eigenvalue weighted by atomic mass is 16.1. The summed E-state index contributed by atoms with van der Waals surface area (Å²) in [6.45, 7) is 0. The molecule has 5 heteroatoms. The van der Waals surface area contributed by atoms with Gasteiger partial charge in [-0.25, -0.2) is 4.98 Å². The summed E-state index contributed by atoms with van der Waals surface area (Å²) in [5.74, 6) is -0.490. The van der Waals surface area contributed by atoms with Crippen molar-refractivity contribution >= 4 is 28.6 Å². The van der Waals surface area contributed by atoms with E-state index in [0.29, 0.717) is 11.1 Å². The van der Waals surface area contributed by atoms with Crippen LogP contribution in [-0.4, -0.2) is 20.9 Å². The summed E-state index contributed by atoms with van der Waals surface area (Å²) in [6.07, 6.45) is 8.53. The Morgan fingerprint density at radius 1 is 1.25 bits per heavy atom. The van der Waals surface area contributed by atoms with Crippen LogP contribution in [-0.2, 0) is 4.79 Å². The number of primary amides is 1. The first-order valence-electron chi connectivity index (χ1n) is 6.10. The predicted molar refractivity (Wildman–Crippen MR) is 77.4 cm³/mol. The molecule has 0 unspecified atom stereocenters. The van der Waals surface area contributed by atoms with Gasteiger partial charge in [-0.2, -0.15) is 0 Å². The number of carbonyl (C=O) groups is 1. The molecule has 3 aromatic heterocycles. The van der Waals surface area contributed by atoms with Gasteiger partial charge in [0.1, 0.15) is 5.65 Å². The lowest BCUT2D eigenvalue weighted by Crippen LogP contribution is -2.12. The molecule has 5 nitrogen and oxygen atoms in total. The van der Waals surface area contributed by atoms with Gasteiger partial charge >= 0.3 is 0 Å². The molecule has 0 radical (unpaired) electrons. The maximum Gasteiger partial charge on any atom is 0.249 e. The Kier molecular flexibility index (Phi) is 3.01. The van der Waals surface area contributed by atoms with Crippen molar-refractivity contribution in [2.24, 2.45) is 5.73 Å². The number of nitrogens with one attached hydrogen (secondary N) is 1. The molecule has 0 spiro atoms. The highest BCUT2D eigenvalue weighted by Crippen LogP contribution is 2.22. The van der Waals surface area contributed by atoms with Crippen LogP contribution in [0.1, 0.15) is 11.1 Å². The summed E-state index contributed by atoms with van der Waals surface area (Å²) < 4.78 is 0. The molecule has 3 heterocycles. The van der Waals surface area contributed by atoms with E-state index in [1.165, 1.54) is 0 Å². The van der Waals surface area contributed by atoms with Crippen LogP contribution in [0.25, 0.3) is 22.7 Å². The van der Waals surface area contributed by atoms with E-state index >= 15 is 0 Å². The number of nitrogens with two attached hydrogens (primary N) is 1. The van der Waals surface area contributed by atoms with Crippen molar-refractivity contribution < 1.29 is 4.79 Å². The number of H-pyrrole nitrogens is 1. The number of carbonyl (C=O) groups excluding carboxylic acids is 1. The zero-order chi connectivity index (χ0) is 13.9. The normalized spacial score (nSPS) is 11.7. The van der Waals surface area contributed by atoms with Crippen LogP contribution in [0.3, 0.4) is 0 Å². The maximum absolute atomic E-state index is 11.7. The number of fused-ring (bicyclic) bond motifs is 1. The SMILES string of the molecule is NC(=O)/C(=C\c1c[nH]c2ncccc12)c1cccnc1. The largest absolute Gasteiger partial charge is 0.366 e. The number of hydrogen-bond acceptors (Lipinski definition) is 3. The summed E-state index contributed by atoms with van der Waals surface area (Å²) >= 11 is 0. The predicted octanol–water partition coefficient (Wildman–Crippen LogP) is 1.98. The van der Waals surface area contributed by atoms with Gasteiger partial charge in [-0.15, -0.1) is 0 Å². The van der Waals surface area contributed by atoms with E-state index in [9.17, 15) is 4.79 Å². The number of amides is 1. The van der Waals surface area contributed by atoms with E-state index in [4.69, 9.17) is 5.73 Å². The standard InChI is InChI=1S/C15H12N4O/c16-14(20)13(10-3-1-5-17-8-10)7-11-9-19-15-12(11)4-2-6-18-15/h1-9H,(H2,16,20)(H,18,19)/b13-7-. The van der Waals surface area contributed by atoms with Crippen molar-refractivity contribution in [3.05, 3.63) is 60.2 Å². The minimum atomic E-state index is -0.490. The van der Waals surface area contributed by atoms with Crippen molar-refractivity contribution in [2.45, 2.75) is 0 Å². The first-order valence-corrected chi connectivity index (χ1v) is 6.10. The summed E-state index contributed by atoms with van der Waals surface area (Å²) in [7, 11) is 0. The van der Waals surface area contributed by atoms with Crippen LogP contribution < -0.4 is 5.73 Å². The van der Waals surface area contributed by atoms with Gasteiger partial charge in [-0.05, 0) is 24.3 Å². The molecule has 3 rings (SSSR count). The Labute approximate surface area is 115 Å². The smallest absolute Gasteiger partial charge is 0.249 e. The molecule has 3 N–H and O–H groups in total. The fourth-order valence-electron chi connectivity index (χ4n) is 2.07. The Morgan fingerprint density at radius 2 is 2.10 bits per heavy atom. The molecule has 3 aromatic rings. The highest BCUT2D eigenvalue weighted by molar-refractivity contribution is 6.24. The van der Waals surface area contributed by atoms with Gasteiger partial charge < -0.3 is 10.7 Å². The highest BCUT2D eigenvalue weighted by Gasteiger charge is 2.10. The second-order valence-electron chi connectivity index (χ2n) is 4.31. The maximum atomic E-state index is 11.7. The Hall–Kier alpha value is -2.95. The second-order valence-corrected chi connectivity index (χ2v) is 4.31. The zero-order valence-corrected chi connectivity index (χ0v) is 10.6. The van der Waals surface area contributed by atoms with Crippen molar-refractivity contribution in [2.75, 3.05) is 0 Å². The molecule has 0 aliphatic rings. The van der Waals surface area contributed by atoms with Crippen molar-refractivity contribution in [1.29, 1.82) is 0 Å². The molecule has 20 heavy (non-hydrogen) atoms. The zero-order valence-electron chi connectivity index (χ0n) is 10.6. The van der Waals surface area contributed by atoms with Gasteiger partial charge in [0.15, 0.2) is 0 Å². The molecule has 0 aromatic carbocycles. The van der Waals surface area contributed by atoms with Crippen LogP contribution in [0.15, 0.2) is 49.1 Å². The minimum Gasteiger partial charge on any atom is -0.366 e. The third-order valence-electron chi connectivity index (χ3n) is 3.02. The van der Waals surface area contributed by atoms with Gasteiger partial charge in [0.25, 0.3) is 0 Å². The average Bonchev–Trinajstić information content (AvgIpc) is 2.88. The van der Waals surface area contributed by atoms with Crippen LogP contribution in [0.2, 0.25) is 0 Å². The molecule has 0 bridgehead atoms. The average molecular weight is 264 g/mol. The van der Waals surface area contributed by atoms with Crippen LogP contribution in [0, 0.1) is 0 Å². The molecular weight excluding hydrogens is 252 g/mol. The Morgan fingerprint density at radius 3 is 2.85 bits per heavy atom. The quantitative estimate of drug-likeness (QED) is 0.709.